The van der Waals surface area contributed by atoms with Gasteiger partial charge < -0.3 is 4.90 Å². The summed E-state index contributed by atoms with van der Waals surface area (Å²) in [5, 5.41) is 1.22. The van der Waals surface area contributed by atoms with Crippen molar-refractivity contribution in [1.29, 1.82) is 0 Å². The molecule has 1 atom stereocenters. The molecule has 1 aliphatic heterocycles. The zero-order chi connectivity index (χ0) is 25.3. The number of hydrogen-bond donors (Lipinski definition) is 0. The summed E-state index contributed by atoms with van der Waals surface area (Å²) < 4.78 is 0. The van der Waals surface area contributed by atoms with E-state index in [-0.39, 0.29) is 27.8 Å². The number of pyridine rings is 1. The number of aromatic nitrogens is 1. The van der Waals surface area contributed by atoms with Crippen molar-refractivity contribution in [3.8, 4) is 22.4 Å². The minimum absolute atomic E-state index is 0. The third-order valence-electron chi connectivity index (χ3n) is 6.82. The van der Waals surface area contributed by atoms with Gasteiger partial charge in [-0.2, -0.15) is 66.2 Å². The Morgan fingerprint density at radius 2 is 1.51 bits per heavy atom. The maximum atomic E-state index is 5.00. The van der Waals surface area contributed by atoms with Crippen molar-refractivity contribution in [2.75, 3.05) is 4.90 Å². The van der Waals surface area contributed by atoms with Gasteiger partial charge in [-0.1, -0.05) is 59.1 Å². The van der Waals surface area contributed by atoms with E-state index in [1.165, 1.54) is 10.5 Å². The van der Waals surface area contributed by atoms with Crippen LogP contribution in [0.2, 0.25) is 0 Å². The van der Waals surface area contributed by atoms with E-state index in [0.29, 0.717) is 0 Å². The molecule has 0 saturated carbocycles. The molecule has 1 unspecified atom stereocenters. The van der Waals surface area contributed by atoms with Gasteiger partial charge in [0.2, 0.25) is 0 Å². The van der Waals surface area contributed by atoms with Gasteiger partial charge in [0.15, 0.2) is 0 Å². The smallest absolute Gasteiger partial charge is 0.355 e. The van der Waals surface area contributed by atoms with Crippen LogP contribution in [-0.2, 0) is 22.4 Å². The van der Waals surface area contributed by atoms with E-state index in [2.05, 4.69) is 127 Å². The Morgan fingerprint density at radius 3 is 2.38 bits per heavy atom. The van der Waals surface area contributed by atoms with E-state index in [4.69, 9.17) is 4.98 Å². The minimum atomic E-state index is 0. The van der Waals surface area contributed by atoms with Gasteiger partial charge in [0.1, 0.15) is 0 Å². The number of fused-ring (bicyclic) bond motifs is 2. The van der Waals surface area contributed by atoms with Gasteiger partial charge in [0.25, 0.3) is 0 Å². The summed E-state index contributed by atoms with van der Waals surface area (Å²) in [6.07, 6.45) is 2.37. The van der Waals surface area contributed by atoms with Gasteiger partial charge in [-0.15, -0.1) is 29.8 Å². The van der Waals surface area contributed by atoms with E-state index in [9.17, 15) is 0 Å². The largest absolute Gasteiger partial charge is 3.00 e. The minimum Gasteiger partial charge on any atom is -0.355 e. The SMILES string of the molecule is [Au+3].[c-]1ccccc1-c1[c-]c(N(c2ccccc2)C2[CH-]c3c(cccc3-c3ccc4ccccc4n3)S2)ccc1. The normalized spacial score (nSPS) is 13.8. The topological polar surface area (TPSA) is 16.1 Å². The molecule has 0 bridgehead atoms. The molecular weight excluding hydrogens is 677 g/mol. The van der Waals surface area contributed by atoms with Crippen molar-refractivity contribution in [1.82, 2.24) is 4.98 Å². The van der Waals surface area contributed by atoms with E-state index in [0.717, 1.165) is 44.7 Å². The summed E-state index contributed by atoms with van der Waals surface area (Å²) in [7, 11) is 0. The van der Waals surface area contributed by atoms with E-state index in [1.807, 2.05) is 36.0 Å². The molecule has 1 aliphatic rings. The Bertz CT molecular complexity index is 1740. The van der Waals surface area contributed by atoms with E-state index >= 15 is 0 Å². The summed E-state index contributed by atoms with van der Waals surface area (Å²) in [5.41, 5.74) is 8.63. The van der Waals surface area contributed by atoms with Crippen molar-refractivity contribution < 1.29 is 22.4 Å². The van der Waals surface area contributed by atoms with Crippen LogP contribution in [0.25, 0.3) is 33.3 Å². The van der Waals surface area contributed by atoms with Crippen LogP contribution < -0.4 is 4.90 Å². The fourth-order valence-electron chi connectivity index (χ4n) is 5.02. The monoisotopic (exact) mass is 700 g/mol. The third-order valence-corrected chi connectivity index (χ3v) is 8.02. The van der Waals surface area contributed by atoms with Crippen LogP contribution in [0.4, 0.5) is 11.4 Å². The van der Waals surface area contributed by atoms with Crippen LogP contribution >= 0.6 is 11.8 Å². The standard InChI is InChI=1S/C35H23N2S.Au/c1-3-11-25(12-4-1)27-14-9-17-29(23-27)37(28-15-5-2-6-16-28)35-24-31-30(18-10-20-34(31)38-35)33-22-21-26-13-7-8-19-32(26)36-33;/h1-11,13-22,24,35H;/q-3;+3. The number of benzene rings is 5. The fourth-order valence-corrected chi connectivity index (χ4v) is 6.29. The molecule has 2 nitrogen and oxygen atoms in total. The molecule has 4 heteroatoms. The average molecular weight is 701 g/mol. The summed E-state index contributed by atoms with van der Waals surface area (Å²) >= 11 is 1.86. The third kappa shape index (κ3) is 5.03. The Balaban J connectivity index is 0.00000277. The zero-order valence-corrected chi connectivity index (χ0v) is 23.9. The second-order valence-electron chi connectivity index (χ2n) is 9.21. The number of hydrogen-bond acceptors (Lipinski definition) is 3. The van der Waals surface area contributed by atoms with Gasteiger partial charge in [0.05, 0.1) is 5.52 Å². The molecule has 7 rings (SSSR count). The van der Waals surface area contributed by atoms with Crippen molar-refractivity contribution >= 4 is 34.0 Å². The van der Waals surface area contributed by atoms with Crippen LogP contribution in [0.15, 0.2) is 132 Å². The molecule has 1 aromatic heterocycles. The molecular formula is C35H23AuN2S. The van der Waals surface area contributed by atoms with Crippen molar-refractivity contribution in [3.05, 3.63) is 152 Å². The summed E-state index contributed by atoms with van der Waals surface area (Å²) in [6, 6.07) is 51.1. The molecule has 0 fully saturated rings. The van der Waals surface area contributed by atoms with Gasteiger partial charge in [-0.05, 0) is 24.3 Å². The van der Waals surface area contributed by atoms with Gasteiger partial charge in [0, 0.05) is 22.1 Å². The van der Waals surface area contributed by atoms with E-state index in [1.54, 1.807) is 0 Å². The second-order valence-corrected chi connectivity index (χ2v) is 10.4. The summed E-state index contributed by atoms with van der Waals surface area (Å²) in [5.74, 6) is 0. The second kappa shape index (κ2) is 11.2. The molecule has 190 valence electrons. The Hall–Kier alpha value is -3.73. The average Bonchev–Trinajstić information content (AvgIpc) is 3.42. The number of rotatable bonds is 5. The molecule has 0 N–H and O–H groups in total. The van der Waals surface area contributed by atoms with E-state index < -0.39 is 0 Å². The van der Waals surface area contributed by atoms with Crippen LogP contribution in [0.5, 0.6) is 0 Å². The number of thioether (sulfide) groups is 1. The van der Waals surface area contributed by atoms with Crippen LogP contribution in [0.3, 0.4) is 0 Å². The summed E-state index contributed by atoms with van der Waals surface area (Å²) in [6.45, 7) is 0. The van der Waals surface area contributed by atoms with Crippen LogP contribution in [-0.4, -0.2) is 10.4 Å². The summed E-state index contributed by atoms with van der Waals surface area (Å²) in [4.78, 5) is 8.63. The zero-order valence-electron chi connectivity index (χ0n) is 20.9. The number of nitrogens with zero attached hydrogens (tertiary/aromatic N) is 2. The molecule has 0 saturated heterocycles. The van der Waals surface area contributed by atoms with Gasteiger partial charge >= 0.3 is 22.4 Å². The first-order valence-electron chi connectivity index (χ1n) is 12.7. The molecule has 6 aromatic rings. The van der Waals surface area contributed by atoms with Crippen molar-refractivity contribution in [3.63, 3.8) is 0 Å². The first-order chi connectivity index (χ1) is 18.8. The number of para-hydroxylation sites is 2. The molecule has 0 radical (unpaired) electrons. The Labute approximate surface area is 249 Å². The molecule has 0 aliphatic carbocycles. The predicted octanol–water partition coefficient (Wildman–Crippen LogP) is 8.99. The molecule has 0 amide bonds. The van der Waals surface area contributed by atoms with Crippen molar-refractivity contribution in [2.45, 2.75) is 10.3 Å². The molecule has 39 heavy (non-hydrogen) atoms. The van der Waals surface area contributed by atoms with Gasteiger partial charge in [-0.25, -0.2) is 11.1 Å². The van der Waals surface area contributed by atoms with Crippen molar-refractivity contribution in [2.24, 2.45) is 0 Å². The van der Waals surface area contributed by atoms with Crippen LogP contribution in [0.1, 0.15) is 5.56 Å². The maximum Gasteiger partial charge on any atom is 3.00 e. The quantitative estimate of drug-likeness (QED) is 0.132. The molecule has 0 spiro atoms. The predicted molar refractivity (Wildman–Crippen MR) is 158 cm³/mol. The first-order valence-corrected chi connectivity index (χ1v) is 13.6. The van der Waals surface area contributed by atoms with Crippen LogP contribution in [0, 0.1) is 18.6 Å². The Morgan fingerprint density at radius 1 is 0.718 bits per heavy atom. The number of anilines is 2. The fraction of sp³-hybridized carbons (Fsp3) is 0.0286. The molecule has 2 heterocycles. The maximum absolute atomic E-state index is 5.00. The van der Waals surface area contributed by atoms with Gasteiger partial charge in [-0.3, -0.25) is 4.98 Å². The Kier molecular flexibility index (Phi) is 7.32. The molecule has 5 aromatic carbocycles. The first kappa shape index (κ1) is 25.5.